The van der Waals surface area contributed by atoms with E-state index in [1.807, 2.05) is 27.7 Å². The Hall–Kier alpha value is -0.830. The molecule has 0 fully saturated rings. The van der Waals surface area contributed by atoms with Gasteiger partial charge < -0.3 is 9.47 Å². The fourth-order valence-electron chi connectivity index (χ4n) is 1.10. The van der Waals surface area contributed by atoms with E-state index in [0.717, 1.165) is 12.0 Å². The van der Waals surface area contributed by atoms with Gasteiger partial charge >= 0.3 is 5.97 Å². The van der Waals surface area contributed by atoms with Crippen molar-refractivity contribution in [2.75, 3.05) is 0 Å². The predicted molar refractivity (Wildman–Crippen MR) is 60.7 cm³/mol. The van der Waals surface area contributed by atoms with Gasteiger partial charge in [0.1, 0.15) is 6.10 Å². The van der Waals surface area contributed by atoms with Crippen LogP contribution in [0.25, 0.3) is 0 Å². The molecule has 0 unspecified atom stereocenters. The van der Waals surface area contributed by atoms with Crippen LogP contribution in [0.15, 0.2) is 12.2 Å². The zero-order valence-corrected chi connectivity index (χ0v) is 10.4. The van der Waals surface area contributed by atoms with E-state index in [2.05, 4.69) is 6.58 Å². The third kappa shape index (κ3) is 5.57. The van der Waals surface area contributed by atoms with E-state index in [9.17, 15) is 4.79 Å². The first kappa shape index (κ1) is 14.2. The van der Waals surface area contributed by atoms with Gasteiger partial charge in [-0.2, -0.15) is 0 Å². The van der Waals surface area contributed by atoms with Crippen molar-refractivity contribution in [3.8, 4) is 0 Å². The van der Waals surface area contributed by atoms with Gasteiger partial charge in [-0.25, -0.2) is 4.79 Å². The average Bonchev–Trinajstić information content (AvgIpc) is 2.15. The molecule has 0 aromatic rings. The van der Waals surface area contributed by atoms with E-state index in [1.54, 1.807) is 6.92 Å². The molecule has 3 nitrogen and oxygen atoms in total. The van der Waals surface area contributed by atoms with Crippen LogP contribution in [0.4, 0.5) is 0 Å². The van der Waals surface area contributed by atoms with E-state index < -0.39 is 6.10 Å². The molecule has 0 rings (SSSR count). The molecule has 0 aliphatic carbocycles. The maximum absolute atomic E-state index is 11.5. The molecule has 0 aliphatic rings. The summed E-state index contributed by atoms with van der Waals surface area (Å²) >= 11 is 0. The van der Waals surface area contributed by atoms with Crippen LogP contribution in [0.1, 0.15) is 41.0 Å². The summed E-state index contributed by atoms with van der Waals surface area (Å²) in [7, 11) is 0. The van der Waals surface area contributed by atoms with E-state index in [0.29, 0.717) is 0 Å². The minimum atomic E-state index is -0.517. The second kappa shape index (κ2) is 6.62. The van der Waals surface area contributed by atoms with E-state index in [4.69, 9.17) is 9.47 Å². The Morgan fingerprint density at radius 2 is 1.73 bits per heavy atom. The van der Waals surface area contributed by atoms with Gasteiger partial charge in [-0.05, 0) is 39.7 Å². The maximum atomic E-state index is 11.5. The Bertz CT molecular complexity index is 221. The predicted octanol–water partition coefficient (Wildman–Crippen LogP) is 2.70. The molecule has 0 N–H and O–H groups in total. The molecule has 0 saturated heterocycles. The summed E-state index contributed by atoms with van der Waals surface area (Å²) in [6, 6.07) is 0. The maximum Gasteiger partial charge on any atom is 0.335 e. The molecule has 0 aromatic carbocycles. The Kier molecular flexibility index (Phi) is 6.25. The van der Waals surface area contributed by atoms with Crippen molar-refractivity contribution >= 4 is 5.97 Å². The number of ether oxygens (including phenoxy) is 2. The summed E-state index contributed by atoms with van der Waals surface area (Å²) in [5.41, 5.74) is 0.917. The summed E-state index contributed by atoms with van der Waals surface area (Å²) in [5.74, 6) is -0.328. The molecule has 0 bridgehead atoms. The number of esters is 1. The van der Waals surface area contributed by atoms with Gasteiger partial charge in [0, 0.05) is 0 Å². The van der Waals surface area contributed by atoms with Crippen molar-refractivity contribution in [2.24, 2.45) is 0 Å². The molecule has 15 heavy (non-hydrogen) atoms. The van der Waals surface area contributed by atoms with Crippen molar-refractivity contribution in [3.63, 3.8) is 0 Å². The number of carbonyl (C=O) groups excluding carboxylic acids is 1. The highest BCUT2D eigenvalue weighted by atomic mass is 16.6. The monoisotopic (exact) mass is 214 g/mol. The molecule has 2 atom stereocenters. The van der Waals surface area contributed by atoms with Crippen LogP contribution in [0.2, 0.25) is 0 Å². The highest BCUT2D eigenvalue weighted by molar-refractivity contribution is 5.74. The Labute approximate surface area is 92.5 Å². The minimum absolute atomic E-state index is 0.0252. The number of carbonyl (C=O) groups is 1. The van der Waals surface area contributed by atoms with Gasteiger partial charge in [0.05, 0.1) is 6.10 Å². The van der Waals surface area contributed by atoms with E-state index in [1.165, 1.54) is 0 Å². The van der Waals surface area contributed by atoms with Crippen LogP contribution in [0.3, 0.4) is 0 Å². The number of hydrogen-bond donors (Lipinski definition) is 0. The zero-order valence-electron chi connectivity index (χ0n) is 10.4. The molecular weight excluding hydrogens is 192 g/mol. The molecule has 88 valence electrons. The Morgan fingerprint density at radius 3 is 2.13 bits per heavy atom. The van der Waals surface area contributed by atoms with Crippen molar-refractivity contribution in [3.05, 3.63) is 12.2 Å². The summed E-state index contributed by atoms with van der Waals surface area (Å²) in [5, 5.41) is 0. The van der Waals surface area contributed by atoms with Crippen molar-refractivity contribution in [2.45, 2.75) is 59.4 Å². The molecule has 0 spiro atoms. The number of rotatable bonds is 6. The van der Waals surface area contributed by atoms with Crippen molar-refractivity contribution < 1.29 is 14.3 Å². The SMILES string of the molecule is C=C(CC)[C@@H](C)OC(=O)[C@@H](C)OC(C)C. The summed E-state index contributed by atoms with van der Waals surface area (Å²) in [6.07, 6.45) is 0.0866. The van der Waals surface area contributed by atoms with Gasteiger partial charge in [-0.15, -0.1) is 0 Å². The first-order valence-corrected chi connectivity index (χ1v) is 5.42. The third-order valence-electron chi connectivity index (χ3n) is 2.13. The number of hydrogen-bond acceptors (Lipinski definition) is 3. The van der Waals surface area contributed by atoms with Crippen LogP contribution in [-0.4, -0.2) is 24.3 Å². The van der Waals surface area contributed by atoms with Crippen LogP contribution in [-0.2, 0) is 14.3 Å². The first-order chi connectivity index (χ1) is 6.88. The minimum Gasteiger partial charge on any atom is -0.456 e. The fourth-order valence-corrected chi connectivity index (χ4v) is 1.10. The third-order valence-corrected chi connectivity index (χ3v) is 2.13. The van der Waals surface area contributed by atoms with Crippen LogP contribution >= 0.6 is 0 Å². The summed E-state index contributed by atoms with van der Waals surface area (Å²) < 4.78 is 10.5. The van der Waals surface area contributed by atoms with Crippen LogP contribution in [0.5, 0.6) is 0 Å². The zero-order chi connectivity index (χ0) is 12.0. The van der Waals surface area contributed by atoms with Gasteiger partial charge in [-0.1, -0.05) is 13.5 Å². The van der Waals surface area contributed by atoms with E-state index >= 15 is 0 Å². The Balaban J connectivity index is 4.07. The molecule has 0 heterocycles. The quantitative estimate of drug-likeness (QED) is 0.503. The molecule has 0 radical (unpaired) electrons. The Morgan fingerprint density at radius 1 is 1.20 bits per heavy atom. The standard InChI is InChI=1S/C12H22O3/c1-7-9(4)10(5)15-12(13)11(6)14-8(2)3/h8,10-11H,4,7H2,1-3,5-6H3/t10-,11-/m1/s1. The lowest BCUT2D eigenvalue weighted by molar-refractivity contribution is -0.161. The lowest BCUT2D eigenvalue weighted by Gasteiger charge is -2.19. The molecular formula is C12H22O3. The van der Waals surface area contributed by atoms with Gasteiger partial charge in [0.2, 0.25) is 0 Å². The van der Waals surface area contributed by atoms with Crippen molar-refractivity contribution in [1.82, 2.24) is 0 Å². The second-order valence-electron chi connectivity index (χ2n) is 3.92. The van der Waals surface area contributed by atoms with Crippen LogP contribution < -0.4 is 0 Å². The van der Waals surface area contributed by atoms with E-state index in [-0.39, 0.29) is 18.2 Å². The largest absolute Gasteiger partial charge is 0.456 e. The lowest BCUT2D eigenvalue weighted by atomic mass is 10.1. The van der Waals surface area contributed by atoms with Gasteiger partial charge in [0.15, 0.2) is 6.10 Å². The molecule has 0 aromatic heterocycles. The highest BCUT2D eigenvalue weighted by Crippen LogP contribution is 2.10. The molecule has 3 heteroatoms. The smallest absolute Gasteiger partial charge is 0.335 e. The summed E-state index contributed by atoms with van der Waals surface area (Å²) in [4.78, 5) is 11.5. The normalized spacial score (nSPS) is 14.8. The summed E-state index contributed by atoms with van der Waals surface area (Å²) in [6.45, 7) is 13.1. The van der Waals surface area contributed by atoms with Gasteiger partial charge in [-0.3, -0.25) is 0 Å². The highest BCUT2D eigenvalue weighted by Gasteiger charge is 2.19. The molecule has 0 amide bonds. The topological polar surface area (TPSA) is 35.5 Å². The average molecular weight is 214 g/mol. The van der Waals surface area contributed by atoms with Gasteiger partial charge in [0.25, 0.3) is 0 Å². The first-order valence-electron chi connectivity index (χ1n) is 5.42. The van der Waals surface area contributed by atoms with Crippen LogP contribution in [0, 0.1) is 0 Å². The molecule has 0 saturated carbocycles. The molecule has 0 aliphatic heterocycles. The lowest BCUT2D eigenvalue weighted by Crippen LogP contribution is -2.29. The fraction of sp³-hybridized carbons (Fsp3) is 0.750. The second-order valence-corrected chi connectivity index (χ2v) is 3.92. The van der Waals surface area contributed by atoms with Crippen molar-refractivity contribution in [1.29, 1.82) is 0 Å².